The Morgan fingerprint density at radius 2 is 2.11 bits per heavy atom. The van der Waals surface area contributed by atoms with Gasteiger partial charge in [-0.15, -0.1) is 0 Å². The Labute approximate surface area is 111 Å². The van der Waals surface area contributed by atoms with Crippen LogP contribution in [-0.2, 0) is 11.2 Å². The van der Waals surface area contributed by atoms with Crippen LogP contribution in [0.4, 0.5) is 0 Å². The Morgan fingerprint density at radius 3 is 2.79 bits per heavy atom. The molecule has 2 heterocycles. The molecule has 2 aromatic heterocycles. The van der Waals surface area contributed by atoms with Crippen LogP contribution in [0.2, 0.25) is 0 Å². The molecule has 0 radical (unpaired) electrons. The van der Waals surface area contributed by atoms with Crippen molar-refractivity contribution in [3.63, 3.8) is 0 Å². The average Bonchev–Trinajstić information content (AvgIpc) is 2.93. The lowest BCUT2D eigenvalue weighted by atomic mass is 10.2. The fraction of sp³-hybridized carbons (Fsp3) is 0.385. The lowest BCUT2D eigenvalue weighted by Crippen LogP contribution is -2.26. The smallest absolute Gasteiger partial charge is 0.227 e. The fourth-order valence-corrected chi connectivity index (χ4v) is 1.56. The van der Waals surface area contributed by atoms with Crippen LogP contribution in [0.5, 0.6) is 0 Å². The molecule has 1 amide bonds. The highest BCUT2D eigenvalue weighted by Crippen LogP contribution is 2.14. The summed E-state index contributed by atoms with van der Waals surface area (Å²) in [5, 5.41) is 3.89. The normalized spacial score (nSPS) is 10.4. The van der Waals surface area contributed by atoms with E-state index < -0.39 is 0 Å². The minimum Gasteiger partial charge on any atom is -0.346 e. The van der Waals surface area contributed by atoms with Gasteiger partial charge in [0.1, 0.15) is 0 Å². The van der Waals surface area contributed by atoms with Crippen molar-refractivity contribution in [2.45, 2.75) is 19.8 Å². The predicted octanol–water partition coefficient (Wildman–Crippen LogP) is 1.54. The summed E-state index contributed by atoms with van der Waals surface area (Å²) in [5.74, 6) is 1.07. The number of aromatic nitrogens is 3. The first-order chi connectivity index (χ1) is 9.20. The van der Waals surface area contributed by atoms with Gasteiger partial charge in [0, 0.05) is 44.4 Å². The minimum atomic E-state index is 0.0751. The SMILES string of the molecule is CCN(C)C(=O)CCc1nc(-c2ccncc2)no1. The molecule has 0 bridgehead atoms. The predicted molar refractivity (Wildman–Crippen MR) is 69.2 cm³/mol. The molecule has 0 unspecified atom stereocenters. The Balaban J connectivity index is 1.97. The van der Waals surface area contributed by atoms with Gasteiger partial charge in [-0.3, -0.25) is 9.78 Å². The molecule has 0 atom stereocenters. The molecular formula is C13H16N4O2. The highest BCUT2D eigenvalue weighted by molar-refractivity contribution is 5.75. The summed E-state index contributed by atoms with van der Waals surface area (Å²) in [7, 11) is 1.78. The molecule has 0 aliphatic heterocycles. The van der Waals surface area contributed by atoms with Gasteiger partial charge in [-0.05, 0) is 19.1 Å². The second-order valence-electron chi connectivity index (χ2n) is 4.16. The molecule has 6 nitrogen and oxygen atoms in total. The maximum absolute atomic E-state index is 11.7. The number of hydrogen-bond donors (Lipinski definition) is 0. The third-order valence-electron chi connectivity index (χ3n) is 2.86. The van der Waals surface area contributed by atoms with Crippen LogP contribution in [0.25, 0.3) is 11.4 Å². The summed E-state index contributed by atoms with van der Waals surface area (Å²) in [6.07, 6.45) is 4.18. The van der Waals surface area contributed by atoms with Gasteiger partial charge in [0.25, 0.3) is 0 Å². The van der Waals surface area contributed by atoms with Crippen LogP contribution >= 0.6 is 0 Å². The first kappa shape index (κ1) is 13.2. The zero-order valence-corrected chi connectivity index (χ0v) is 11.0. The summed E-state index contributed by atoms with van der Waals surface area (Å²) < 4.78 is 5.13. The minimum absolute atomic E-state index is 0.0751. The molecule has 0 fully saturated rings. The van der Waals surface area contributed by atoms with Gasteiger partial charge in [0.05, 0.1) is 0 Å². The van der Waals surface area contributed by atoms with E-state index in [1.165, 1.54) is 0 Å². The van der Waals surface area contributed by atoms with Crippen molar-refractivity contribution in [2.24, 2.45) is 0 Å². The monoisotopic (exact) mass is 260 g/mol. The fourth-order valence-electron chi connectivity index (χ4n) is 1.56. The number of pyridine rings is 1. The molecule has 2 rings (SSSR count). The molecule has 0 aliphatic rings. The number of nitrogens with zero attached hydrogens (tertiary/aromatic N) is 4. The number of carbonyl (C=O) groups is 1. The van der Waals surface area contributed by atoms with Crippen molar-refractivity contribution >= 4 is 5.91 Å². The highest BCUT2D eigenvalue weighted by Gasteiger charge is 2.12. The van der Waals surface area contributed by atoms with Crippen molar-refractivity contribution in [3.05, 3.63) is 30.4 Å². The van der Waals surface area contributed by atoms with Crippen LogP contribution in [0.1, 0.15) is 19.2 Å². The van der Waals surface area contributed by atoms with Gasteiger partial charge >= 0.3 is 0 Å². The van der Waals surface area contributed by atoms with Gasteiger partial charge in [0.2, 0.25) is 17.6 Å². The topological polar surface area (TPSA) is 72.1 Å². The van der Waals surface area contributed by atoms with Crippen molar-refractivity contribution in [3.8, 4) is 11.4 Å². The zero-order valence-electron chi connectivity index (χ0n) is 11.0. The summed E-state index contributed by atoms with van der Waals surface area (Å²) in [5.41, 5.74) is 0.849. The van der Waals surface area contributed by atoms with Crippen molar-refractivity contribution in [1.82, 2.24) is 20.0 Å². The molecule has 100 valence electrons. The Hall–Kier alpha value is -2.24. The first-order valence-corrected chi connectivity index (χ1v) is 6.17. The number of amides is 1. The second kappa shape index (κ2) is 6.08. The molecule has 0 saturated carbocycles. The van der Waals surface area contributed by atoms with E-state index in [0.29, 0.717) is 31.1 Å². The Morgan fingerprint density at radius 1 is 1.37 bits per heavy atom. The number of carbonyl (C=O) groups excluding carboxylic acids is 1. The summed E-state index contributed by atoms with van der Waals surface area (Å²) in [6, 6.07) is 3.62. The lowest BCUT2D eigenvalue weighted by molar-refractivity contribution is -0.129. The van der Waals surface area contributed by atoms with Crippen molar-refractivity contribution in [2.75, 3.05) is 13.6 Å². The quantitative estimate of drug-likeness (QED) is 0.815. The van der Waals surface area contributed by atoms with Crippen LogP contribution in [0.15, 0.2) is 29.0 Å². The van der Waals surface area contributed by atoms with Gasteiger partial charge in [-0.25, -0.2) is 0 Å². The van der Waals surface area contributed by atoms with Gasteiger partial charge in [-0.1, -0.05) is 5.16 Å². The van der Waals surface area contributed by atoms with E-state index in [1.54, 1.807) is 24.3 Å². The molecule has 2 aromatic rings. The third-order valence-corrected chi connectivity index (χ3v) is 2.86. The number of hydrogen-bond acceptors (Lipinski definition) is 5. The lowest BCUT2D eigenvalue weighted by Gasteiger charge is -2.12. The Kier molecular flexibility index (Phi) is 4.22. The van der Waals surface area contributed by atoms with Gasteiger partial charge < -0.3 is 9.42 Å². The highest BCUT2D eigenvalue weighted by atomic mass is 16.5. The first-order valence-electron chi connectivity index (χ1n) is 6.17. The van der Waals surface area contributed by atoms with Crippen molar-refractivity contribution in [1.29, 1.82) is 0 Å². The zero-order chi connectivity index (χ0) is 13.7. The molecule has 0 aromatic carbocycles. The molecule has 0 aliphatic carbocycles. The molecule has 0 spiro atoms. The van der Waals surface area contributed by atoms with Crippen LogP contribution in [0, 0.1) is 0 Å². The van der Waals surface area contributed by atoms with E-state index >= 15 is 0 Å². The van der Waals surface area contributed by atoms with Gasteiger partial charge in [-0.2, -0.15) is 4.98 Å². The molecule has 19 heavy (non-hydrogen) atoms. The van der Waals surface area contributed by atoms with E-state index in [9.17, 15) is 4.79 Å². The molecule has 0 N–H and O–H groups in total. The van der Waals surface area contributed by atoms with E-state index in [2.05, 4.69) is 15.1 Å². The van der Waals surface area contributed by atoms with Crippen LogP contribution in [-0.4, -0.2) is 39.5 Å². The summed E-state index contributed by atoms with van der Waals surface area (Å²) in [6.45, 7) is 2.64. The second-order valence-corrected chi connectivity index (χ2v) is 4.16. The molecule has 0 saturated heterocycles. The van der Waals surface area contributed by atoms with E-state index in [0.717, 1.165) is 5.56 Å². The maximum Gasteiger partial charge on any atom is 0.227 e. The van der Waals surface area contributed by atoms with Gasteiger partial charge in [0.15, 0.2) is 0 Å². The molecule has 6 heteroatoms. The largest absolute Gasteiger partial charge is 0.346 e. The molecular weight excluding hydrogens is 244 g/mol. The average molecular weight is 260 g/mol. The van der Waals surface area contributed by atoms with E-state index in [1.807, 2.05) is 19.1 Å². The van der Waals surface area contributed by atoms with E-state index in [-0.39, 0.29) is 5.91 Å². The maximum atomic E-state index is 11.7. The number of rotatable bonds is 5. The van der Waals surface area contributed by atoms with Crippen molar-refractivity contribution < 1.29 is 9.32 Å². The van der Waals surface area contributed by atoms with E-state index in [4.69, 9.17) is 4.52 Å². The summed E-state index contributed by atoms with van der Waals surface area (Å²) in [4.78, 5) is 21.5. The third kappa shape index (κ3) is 3.37. The number of aryl methyl sites for hydroxylation is 1. The van der Waals surface area contributed by atoms with Crippen LogP contribution < -0.4 is 0 Å². The Bertz CT molecular complexity index is 539. The standard InChI is InChI=1S/C13H16N4O2/c1-3-17(2)12(18)5-4-11-15-13(16-19-11)10-6-8-14-9-7-10/h6-9H,3-5H2,1-2H3. The van der Waals surface area contributed by atoms with Crippen LogP contribution in [0.3, 0.4) is 0 Å². The summed E-state index contributed by atoms with van der Waals surface area (Å²) >= 11 is 0.